The SMILES string of the molecule is NCC1CCCN1S(=O)(=O)c1cc([N+](=O)[O-])c(Cl)s1. The first-order valence-electron chi connectivity index (χ1n) is 5.53. The fraction of sp³-hybridized carbons (Fsp3) is 0.556. The fourth-order valence-corrected chi connectivity index (χ4v) is 5.57. The zero-order valence-electron chi connectivity index (χ0n) is 9.78. The minimum Gasteiger partial charge on any atom is -0.329 e. The van der Waals surface area contributed by atoms with Crippen LogP contribution in [0.5, 0.6) is 0 Å². The molecule has 10 heteroatoms. The van der Waals surface area contributed by atoms with Gasteiger partial charge >= 0.3 is 0 Å². The number of nitrogens with zero attached hydrogens (tertiary/aromatic N) is 2. The minimum absolute atomic E-state index is 0.107. The van der Waals surface area contributed by atoms with Gasteiger partial charge in [0.05, 0.1) is 4.92 Å². The molecule has 1 aromatic heterocycles. The molecule has 0 aliphatic carbocycles. The molecular weight excluding hydrogens is 314 g/mol. The molecular formula is C9H12ClN3O4S2. The Labute approximate surface area is 119 Å². The molecule has 0 bridgehead atoms. The van der Waals surface area contributed by atoms with Gasteiger partial charge in [-0.25, -0.2) is 8.42 Å². The predicted molar refractivity (Wildman–Crippen MR) is 72.0 cm³/mol. The van der Waals surface area contributed by atoms with Gasteiger partial charge in [-0.05, 0) is 12.8 Å². The van der Waals surface area contributed by atoms with Gasteiger partial charge < -0.3 is 5.73 Å². The Kier molecular flexibility index (Phi) is 4.11. The van der Waals surface area contributed by atoms with Gasteiger partial charge in [0.2, 0.25) is 0 Å². The van der Waals surface area contributed by atoms with Crippen molar-refractivity contribution >= 4 is 38.6 Å². The average Bonchev–Trinajstić information content (AvgIpc) is 2.94. The zero-order valence-corrected chi connectivity index (χ0v) is 12.2. The van der Waals surface area contributed by atoms with Crippen LogP contribution in [-0.2, 0) is 10.0 Å². The van der Waals surface area contributed by atoms with Crippen molar-refractivity contribution in [1.29, 1.82) is 0 Å². The quantitative estimate of drug-likeness (QED) is 0.665. The molecule has 1 aromatic rings. The highest BCUT2D eigenvalue weighted by atomic mass is 35.5. The molecule has 19 heavy (non-hydrogen) atoms. The Morgan fingerprint density at radius 3 is 2.84 bits per heavy atom. The van der Waals surface area contributed by atoms with Crippen molar-refractivity contribution in [3.05, 3.63) is 20.5 Å². The number of sulfonamides is 1. The lowest BCUT2D eigenvalue weighted by atomic mass is 10.2. The Morgan fingerprint density at radius 1 is 1.63 bits per heavy atom. The first-order valence-corrected chi connectivity index (χ1v) is 8.17. The van der Waals surface area contributed by atoms with Crippen LogP contribution in [0.4, 0.5) is 5.69 Å². The van der Waals surface area contributed by atoms with Crippen LogP contribution in [0.15, 0.2) is 10.3 Å². The van der Waals surface area contributed by atoms with Crippen LogP contribution < -0.4 is 5.73 Å². The van der Waals surface area contributed by atoms with Crippen LogP contribution in [0.1, 0.15) is 12.8 Å². The molecule has 2 N–H and O–H groups in total. The van der Waals surface area contributed by atoms with Gasteiger partial charge in [0.25, 0.3) is 15.7 Å². The van der Waals surface area contributed by atoms with E-state index in [0.717, 1.165) is 12.5 Å². The summed E-state index contributed by atoms with van der Waals surface area (Å²) >= 11 is 6.39. The van der Waals surface area contributed by atoms with Crippen molar-refractivity contribution in [1.82, 2.24) is 4.31 Å². The van der Waals surface area contributed by atoms with Crippen molar-refractivity contribution in [2.45, 2.75) is 23.1 Å². The van der Waals surface area contributed by atoms with Crippen molar-refractivity contribution in [2.24, 2.45) is 5.73 Å². The van der Waals surface area contributed by atoms with E-state index in [-0.39, 0.29) is 26.8 Å². The summed E-state index contributed by atoms with van der Waals surface area (Å²) in [5.74, 6) is 0. The average molecular weight is 326 g/mol. The van der Waals surface area contributed by atoms with E-state index in [2.05, 4.69) is 0 Å². The number of thiophene rings is 1. The summed E-state index contributed by atoms with van der Waals surface area (Å²) in [6.45, 7) is 0.619. The summed E-state index contributed by atoms with van der Waals surface area (Å²) in [7, 11) is -3.75. The van der Waals surface area contributed by atoms with Gasteiger partial charge in [0.1, 0.15) is 4.21 Å². The normalized spacial score (nSPS) is 20.8. The first-order chi connectivity index (χ1) is 8.87. The third-order valence-electron chi connectivity index (χ3n) is 3.00. The lowest BCUT2D eigenvalue weighted by Crippen LogP contribution is -2.39. The molecule has 1 unspecified atom stereocenters. The van der Waals surface area contributed by atoms with E-state index in [1.54, 1.807) is 0 Å². The molecule has 1 atom stereocenters. The third-order valence-corrected chi connectivity index (χ3v) is 6.74. The molecule has 0 amide bonds. The highest BCUT2D eigenvalue weighted by Gasteiger charge is 2.37. The molecule has 106 valence electrons. The number of halogens is 1. The zero-order chi connectivity index (χ0) is 14.2. The molecule has 0 aromatic carbocycles. The van der Waals surface area contributed by atoms with Crippen LogP contribution in [-0.4, -0.2) is 36.8 Å². The largest absolute Gasteiger partial charge is 0.329 e. The van der Waals surface area contributed by atoms with E-state index in [9.17, 15) is 18.5 Å². The molecule has 1 aliphatic heterocycles. The Morgan fingerprint density at radius 2 is 2.32 bits per heavy atom. The van der Waals surface area contributed by atoms with Crippen molar-refractivity contribution in [3.63, 3.8) is 0 Å². The summed E-state index contributed by atoms with van der Waals surface area (Å²) in [6, 6.07) is 0.763. The summed E-state index contributed by atoms with van der Waals surface area (Å²) < 4.78 is 25.8. The number of rotatable bonds is 4. The van der Waals surface area contributed by atoms with Gasteiger partial charge in [0.15, 0.2) is 4.34 Å². The molecule has 1 fully saturated rings. The summed E-state index contributed by atoms with van der Waals surface area (Å²) in [5, 5.41) is 10.7. The van der Waals surface area contributed by atoms with Gasteiger partial charge in [0, 0.05) is 25.2 Å². The molecule has 1 aliphatic rings. The van der Waals surface area contributed by atoms with E-state index < -0.39 is 14.9 Å². The maximum atomic E-state index is 12.4. The van der Waals surface area contributed by atoms with Crippen molar-refractivity contribution < 1.29 is 13.3 Å². The smallest absolute Gasteiger partial charge is 0.300 e. The molecule has 0 radical (unpaired) electrons. The highest BCUT2D eigenvalue weighted by molar-refractivity contribution is 7.91. The second-order valence-electron chi connectivity index (χ2n) is 4.13. The molecule has 2 heterocycles. The summed E-state index contributed by atoms with van der Waals surface area (Å²) in [6.07, 6.45) is 1.44. The second kappa shape index (κ2) is 5.33. The van der Waals surface area contributed by atoms with E-state index in [1.807, 2.05) is 0 Å². The predicted octanol–water partition coefficient (Wildman–Crippen LogP) is 1.42. The highest BCUT2D eigenvalue weighted by Crippen LogP contribution is 2.38. The number of hydrogen-bond donors (Lipinski definition) is 1. The number of hydrogen-bond acceptors (Lipinski definition) is 6. The van der Waals surface area contributed by atoms with Crippen LogP contribution in [0.25, 0.3) is 0 Å². The molecule has 0 spiro atoms. The maximum Gasteiger partial charge on any atom is 0.300 e. The van der Waals surface area contributed by atoms with Crippen LogP contribution in [0, 0.1) is 10.1 Å². The van der Waals surface area contributed by atoms with Gasteiger partial charge in [-0.3, -0.25) is 10.1 Å². The molecule has 0 saturated carbocycles. The molecule has 7 nitrogen and oxygen atoms in total. The lowest BCUT2D eigenvalue weighted by Gasteiger charge is -2.21. The monoisotopic (exact) mass is 325 g/mol. The van der Waals surface area contributed by atoms with Crippen molar-refractivity contribution in [2.75, 3.05) is 13.1 Å². The summed E-state index contributed by atoms with van der Waals surface area (Å²) in [4.78, 5) is 10.0. The van der Waals surface area contributed by atoms with Gasteiger partial charge in [-0.1, -0.05) is 11.6 Å². The molecule has 2 rings (SSSR count). The standard InChI is InChI=1S/C9H12ClN3O4S2/c10-9-7(13(14)15)4-8(18-9)19(16,17)12-3-1-2-6(12)5-11/h4,6H,1-3,5,11H2. The van der Waals surface area contributed by atoms with Gasteiger partial charge in [-0.2, -0.15) is 4.31 Å². The maximum absolute atomic E-state index is 12.4. The van der Waals surface area contributed by atoms with Crippen LogP contribution >= 0.6 is 22.9 Å². The minimum atomic E-state index is -3.75. The third kappa shape index (κ3) is 2.61. The Bertz CT molecular complexity index is 601. The first kappa shape index (κ1) is 14.7. The topological polar surface area (TPSA) is 107 Å². The molecule has 1 saturated heterocycles. The van der Waals surface area contributed by atoms with Crippen LogP contribution in [0.3, 0.4) is 0 Å². The second-order valence-corrected chi connectivity index (χ2v) is 7.90. The van der Waals surface area contributed by atoms with E-state index in [0.29, 0.717) is 24.3 Å². The van der Waals surface area contributed by atoms with E-state index in [4.69, 9.17) is 17.3 Å². The lowest BCUT2D eigenvalue weighted by molar-refractivity contribution is -0.384. The fourth-order valence-electron chi connectivity index (χ4n) is 2.07. The number of nitro groups is 1. The van der Waals surface area contributed by atoms with Gasteiger partial charge in [-0.15, -0.1) is 11.3 Å². The summed E-state index contributed by atoms with van der Waals surface area (Å²) in [5.41, 5.74) is 5.16. The van der Waals surface area contributed by atoms with Crippen LogP contribution in [0.2, 0.25) is 4.34 Å². The number of nitrogens with two attached hydrogens (primary N) is 1. The van der Waals surface area contributed by atoms with E-state index in [1.165, 1.54) is 4.31 Å². The Balaban J connectivity index is 2.40. The Hall–Kier alpha value is -0.740. The van der Waals surface area contributed by atoms with Crippen molar-refractivity contribution in [3.8, 4) is 0 Å². The van der Waals surface area contributed by atoms with E-state index >= 15 is 0 Å².